The van der Waals surface area contributed by atoms with Gasteiger partial charge in [-0.05, 0) is 25.5 Å². The molecule has 0 aliphatic carbocycles. The maximum atomic E-state index is 12.1. The lowest BCUT2D eigenvalue weighted by Crippen LogP contribution is -2.32. The van der Waals surface area contributed by atoms with E-state index in [1.54, 1.807) is 13.2 Å². The number of rotatable bonds is 8. The molecule has 2 N–H and O–H groups in total. The van der Waals surface area contributed by atoms with E-state index in [4.69, 9.17) is 9.26 Å². The van der Waals surface area contributed by atoms with Crippen molar-refractivity contribution in [2.24, 2.45) is 0 Å². The van der Waals surface area contributed by atoms with Gasteiger partial charge >= 0.3 is 0 Å². The molecule has 2 amide bonds. The molecule has 7 heteroatoms. The lowest BCUT2D eigenvalue weighted by molar-refractivity contribution is -0.121. The van der Waals surface area contributed by atoms with E-state index < -0.39 is 0 Å². The number of methoxy groups -OCH3 is 1. The lowest BCUT2D eigenvalue weighted by atomic mass is 10.0. The highest BCUT2D eigenvalue weighted by Crippen LogP contribution is 2.25. The summed E-state index contributed by atoms with van der Waals surface area (Å²) in [7, 11) is 1.57. The summed E-state index contributed by atoms with van der Waals surface area (Å²) in [6.07, 6.45) is 0.192. The van der Waals surface area contributed by atoms with Crippen LogP contribution in [0.1, 0.15) is 28.0 Å². The molecule has 0 saturated heterocycles. The molecule has 1 aromatic carbocycles. The summed E-state index contributed by atoms with van der Waals surface area (Å²) in [5.74, 6) is 0.0298. The first-order valence-electron chi connectivity index (χ1n) is 8.09. The fraction of sp³-hybridized carbons (Fsp3) is 0.389. The number of carbonyl (C=O) groups is 2. The van der Waals surface area contributed by atoms with Gasteiger partial charge in [0.05, 0.1) is 6.61 Å². The first-order valence-corrected chi connectivity index (χ1v) is 8.09. The van der Waals surface area contributed by atoms with Gasteiger partial charge in [-0.2, -0.15) is 0 Å². The number of benzene rings is 1. The van der Waals surface area contributed by atoms with Crippen LogP contribution >= 0.6 is 0 Å². The molecule has 0 atom stereocenters. The molecule has 1 aromatic heterocycles. The predicted octanol–water partition coefficient (Wildman–Crippen LogP) is 1.84. The van der Waals surface area contributed by atoms with Gasteiger partial charge in [0, 0.05) is 38.2 Å². The van der Waals surface area contributed by atoms with Gasteiger partial charge in [0.2, 0.25) is 5.91 Å². The molecule has 0 bridgehead atoms. The Labute approximate surface area is 146 Å². The molecule has 0 unspecified atom stereocenters. The molecule has 2 rings (SSSR count). The summed E-state index contributed by atoms with van der Waals surface area (Å²) in [5, 5.41) is 9.16. The minimum Gasteiger partial charge on any atom is -0.383 e. The van der Waals surface area contributed by atoms with E-state index in [-0.39, 0.29) is 30.5 Å². The second-order valence-corrected chi connectivity index (χ2v) is 5.74. The maximum absolute atomic E-state index is 12.1. The van der Waals surface area contributed by atoms with E-state index in [0.29, 0.717) is 18.9 Å². The highest BCUT2D eigenvalue weighted by atomic mass is 16.5. The topological polar surface area (TPSA) is 93.5 Å². The van der Waals surface area contributed by atoms with Crippen molar-refractivity contribution in [3.63, 3.8) is 0 Å². The minimum atomic E-state index is -0.370. The predicted molar refractivity (Wildman–Crippen MR) is 93.2 cm³/mol. The molecular formula is C18H23N3O4. The van der Waals surface area contributed by atoms with Crippen molar-refractivity contribution in [3.8, 4) is 11.3 Å². The van der Waals surface area contributed by atoms with Gasteiger partial charge in [-0.1, -0.05) is 22.9 Å². The summed E-state index contributed by atoms with van der Waals surface area (Å²) in [5.41, 5.74) is 3.24. The molecule has 1 heterocycles. The van der Waals surface area contributed by atoms with Gasteiger partial charge in [0.15, 0.2) is 11.5 Å². The van der Waals surface area contributed by atoms with Gasteiger partial charge in [0.1, 0.15) is 0 Å². The summed E-state index contributed by atoms with van der Waals surface area (Å²) < 4.78 is 10.1. The molecule has 0 aliphatic heterocycles. The van der Waals surface area contributed by atoms with Crippen molar-refractivity contribution in [2.45, 2.75) is 20.3 Å². The number of hydrogen-bond donors (Lipinski definition) is 2. The number of nitrogens with one attached hydrogen (secondary N) is 2. The number of amides is 2. The van der Waals surface area contributed by atoms with Crippen LogP contribution in [-0.2, 0) is 9.53 Å². The zero-order valence-electron chi connectivity index (χ0n) is 14.7. The second-order valence-electron chi connectivity index (χ2n) is 5.74. The van der Waals surface area contributed by atoms with E-state index in [9.17, 15) is 9.59 Å². The number of ether oxygens (including phenoxy) is 1. The smallest absolute Gasteiger partial charge is 0.273 e. The van der Waals surface area contributed by atoms with Crippen LogP contribution in [0.2, 0.25) is 0 Å². The summed E-state index contributed by atoms with van der Waals surface area (Å²) >= 11 is 0. The van der Waals surface area contributed by atoms with Gasteiger partial charge in [-0.3, -0.25) is 9.59 Å². The largest absolute Gasteiger partial charge is 0.383 e. The molecule has 25 heavy (non-hydrogen) atoms. The molecular weight excluding hydrogens is 322 g/mol. The molecule has 0 spiro atoms. The Morgan fingerprint density at radius 2 is 1.96 bits per heavy atom. The number of aryl methyl sites for hydroxylation is 2. The number of aromatic nitrogens is 1. The van der Waals surface area contributed by atoms with Crippen molar-refractivity contribution >= 4 is 11.8 Å². The first-order chi connectivity index (χ1) is 12.0. The number of hydrogen-bond acceptors (Lipinski definition) is 5. The van der Waals surface area contributed by atoms with Crippen molar-refractivity contribution in [1.29, 1.82) is 0 Å². The van der Waals surface area contributed by atoms with E-state index in [0.717, 1.165) is 16.7 Å². The first kappa shape index (κ1) is 18.7. The van der Waals surface area contributed by atoms with Crippen molar-refractivity contribution < 1.29 is 18.8 Å². The van der Waals surface area contributed by atoms with Crippen LogP contribution < -0.4 is 10.6 Å². The monoisotopic (exact) mass is 345 g/mol. The fourth-order valence-electron chi connectivity index (χ4n) is 2.27. The molecule has 134 valence electrons. The molecule has 0 saturated carbocycles. The normalized spacial score (nSPS) is 10.5. The zero-order valence-corrected chi connectivity index (χ0v) is 14.7. The Hall–Kier alpha value is -2.67. The van der Waals surface area contributed by atoms with Crippen molar-refractivity contribution in [3.05, 3.63) is 41.1 Å². The van der Waals surface area contributed by atoms with Gasteiger partial charge in [-0.25, -0.2) is 0 Å². The minimum absolute atomic E-state index is 0.145. The molecule has 0 aliphatic rings. The van der Waals surface area contributed by atoms with Gasteiger partial charge in [0.25, 0.3) is 5.91 Å². The molecule has 7 nitrogen and oxygen atoms in total. The maximum Gasteiger partial charge on any atom is 0.273 e. The molecule has 0 fully saturated rings. The van der Waals surface area contributed by atoms with E-state index >= 15 is 0 Å². The Kier molecular flexibility index (Phi) is 6.71. The quantitative estimate of drug-likeness (QED) is 0.712. The Balaban J connectivity index is 1.88. The lowest BCUT2D eigenvalue weighted by Gasteiger charge is -2.05. The summed E-state index contributed by atoms with van der Waals surface area (Å²) in [6, 6.07) is 7.60. The SMILES string of the molecule is COCCNC(=O)CCNC(=O)c1cc(-c2cc(C)ccc2C)on1. The van der Waals surface area contributed by atoms with Gasteiger partial charge in [-0.15, -0.1) is 0 Å². The third-order valence-electron chi connectivity index (χ3n) is 3.67. The summed E-state index contributed by atoms with van der Waals surface area (Å²) in [4.78, 5) is 23.6. The molecule has 2 aromatic rings. The Bertz CT molecular complexity index is 740. The Morgan fingerprint density at radius 1 is 1.16 bits per heavy atom. The second kappa shape index (κ2) is 8.98. The number of nitrogens with zero attached hydrogens (tertiary/aromatic N) is 1. The zero-order chi connectivity index (χ0) is 18.2. The van der Waals surface area contributed by atoms with E-state index in [2.05, 4.69) is 15.8 Å². The summed E-state index contributed by atoms with van der Waals surface area (Å²) in [6.45, 7) is 5.09. The van der Waals surface area contributed by atoms with Crippen molar-refractivity contribution in [1.82, 2.24) is 15.8 Å². The van der Waals surface area contributed by atoms with Crippen LogP contribution in [0, 0.1) is 13.8 Å². The highest BCUT2D eigenvalue weighted by Gasteiger charge is 2.15. The van der Waals surface area contributed by atoms with Crippen LogP contribution in [0.25, 0.3) is 11.3 Å². The van der Waals surface area contributed by atoms with E-state index in [1.165, 1.54) is 0 Å². The van der Waals surface area contributed by atoms with Crippen LogP contribution in [0.5, 0.6) is 0 Å². The van der Waals surface area contributed by atoms with Crippen LogP contribution in [0.15, 0.2) is 28.8 Å². The van der Waals surface area contributed by atoms with E-state index in [1.807, 2.05) is 32.0 Å². The average Bonchev–Trinajstić information content (AvgIpc) is 3.07. The van der Waals surface area contributed by atoms with Crippen LogP contribution in [0.4, 0.5) is 0 Å². The van der Waals surface area contributed by atoms with Crippen molar-refractivity contribution in [2.75, 3.05) is 26.8 Å². The average molecular weight is 345 g/mol. The highest BCUT2D eigenvalue weighted by molar-refractivity contribution is 5.93. The van der Waals surface area contributed by atoms with Crippen LogP contribution in [-0.4, -0.2) is 43.8 Å². The standard InChI is InChI=1S/C18H23N3O4/c1-12-4-5-13(2)14(10-12)16-11-15(21-25-16)18(23)20-7-6-17(22)19-8-9-24-3/h4-5,10-11H,6-9H2,1-3H3,(H,19,22)(H,20,23). The third-order valence-corrected chi connectivity index (χ3v) is 3.67. The van der Waals surface area contributed by atoms with Crippen LogP contribution in [0.3, 0.4) is 0 Å². The Morgan fingerprint density at radius 3 is 2.72 bits per heavy atom. The molecule has 0 radical (unpaired) electrons. The van der Waals surface area contributed by atoms with Gasteiger partial charge < -0.3 is 19.9 Å². The third kappa shape index (κ3) is 5.42. The fourth-order valence-corrected chi connectivity index (χ4v) is 2.27. The number of carbonyl (C=O) groups excluding carboxylic acids is 2.